The van der Waals surface area contributed by atoms with Gasteiger partial charge in [-0.1, -0.05) is 23.2 Å². The van der Waals surface area contributed by atoms with Gasteiger partial charge in [0.05, 0.1) is 4.34 Å². The summed E-state index contributed by atoms with van der Waals surface area (Å²) >= 11 is 14.6. The molecular formula is C10H8Cl2OS2. The number of halogens is 2. The molecule has 0 aliphatic carbocycles. The third-order valence-electron chi connectivity index (χ3n) is 2.13. The Kier molecular flexibility index (Phi) is 3.38. The average molecular weight is 279 g/mol. The molecule has 15 heavy (non-hydrogen) atoms. The number of rotatable bonds is 2. The van der Waals surface area contributed by atoms with Crippen molar-refractivity contribution in [1.29, 1.82) is 0 Å². The maximum absolute atomic E-state index is 10.1. The summed E-state index contributed by atoms with van der Waals surface area (Å²) in [5.41, 5.74) is 1.77. The van der Waals surface area contributed by atoms with E-state index in [2.05, 4.69) is 0 Å². The van der Waals surface area contributed by atoms with Crippen LogP contribution < -0.4 is 0 Å². The van der Waals surface area contributed by atoms with Gasteiger partial charge in [0.1, 0.15) is 10.4 Å². The van der Waals surface area contributed by atoms with Crippen molar-refractivity contribution in [2.75, 3.05) is 0 Å². The van der Waals surface area contributed by atoms with Gasteiger partial charge in [0.2, 0.25) is 0 Å². The highest BCUT2D eigenvalue weighted by atomic mass is 35.5. The van der Waals surface area contributed by atoms with Gasteiger partial charge in [-0.25, -0.2) is 0 Å². The van der Waals surface area contributed by atoms with Gasteiger partial charge < -0.3 is 5.11 Å². The minimum absolute atomic E-state index is 0.556. The summed E-state index contributed by atoms with van der Waals surface area (Å²) in [6.07, 6.45) is -0.666. The zero-order valence-corrected chi connectivity index (χ0v) is 11.0. The standard InChI is InChI=1S/C10H8Cl2OS2/c1-5-2-3-14-9(5)8(13)6-4-7(11)15-10(6)12/h2-4,8,13H,1H3. The molecule has 0 saturated carbocycles. The van der Waals surface area contributed by atoms with Gasteiger partial charge in [0, 0.05) is 10.4 Å². The molecule has 0 aromatic carbocycles. The maximum Gasteiger partial charge on any atom is 0.116 e. The lowest BCUT2D eigenvalue weighted by Crippen LogP contribution is -1.97. The number of hydrogen-bond donors (Lipinski definition) is 1. The van der Waals surface area contributed by atoms with E-state index in [1.807, 2.05) is 18.4 Å². The molecule has 0 fully saturated rings. The quantitative estimate of drug-likeness (QED) is 0.857. The molecule has 0 bridgehead atoms. The number of thiophene rings is 2. The van der Waals surface area contributed by atoms with Gasteiger partial charge in [-0.2, -0.15) is 0 Å². The maximum atomic E-state index is 10.1. The molecule has 0 aliphatic heterocycles. The molecule has 0 saturated heterocycles. The molecule has 1 unspecified atom stereocenters. The molecule has 2 rings (SSSR count). The van der Waals surface area contributed by atoms with Crippen LogP contribution in [0.2, 0.25) is 8.67 Å². The van der Waals surface area contributed by atoms with Gasteiger partial charge in [-0.15, -0.1) is 22.7 Å². The van der Waals surface area contributed by atoms with Crippen LogP contribution >= 0.6 is 45.9 Å². The zero-order valence-electron chi connectivity index (χ0n) is 7.83. The largest absolute Gasteiger partial charge is 0.383 e. The smallest absolute Gasteiger partial charge is 0.116 e. The predicted molar refractivity (Wildman–Crippen MR) is 67.5 cm³/mol. The van der Waals surface area contributed by atoms with E-state index in [1.165, 1.54) is 22.7 Å². The van der Waals surface area contributed by atoms with Crippen molar-refractivity contribution in [3.63, 3.8) is 0 Å². The third-order valence-corrected chi connectivity index (χ3v) is 4.72. The summed E-state index contributed by atoms with van der Waals surface area (Å²) in [6.45, 7) is 1.97. The molecule has 2 aromatic rings. The lowest BCUT2D eigenvalue weighted by molar-refractivity contribution is 0.224. The highest BCUT2D eigenvalue weighted by molar-refractivity contribution is 7.20. The van der Waals surface area contributed by atoms with Crippen molar-refractivity contribution in [3.8, 4) is 0 Å². The van der Waals surface area contributed by atoms with Crippen LogP contribution in [0.3, 0.4) is 0 Å². The molecule has 1 N–H and O–H groups in total. The first-order chi connectivity index (χ1) is 7.09. The topological polar surface area (TPSA) is 20.2 Å². The minimum Gasteiger partial charge on any atom is -0.383 e. The second kappa shape index (κ2) is 4.44. The normalized spacial score (nSPS) is 13.1. The monoisotopic (exact) mass is 278 g/mol. The highest BCUT2D eigenvalue weighted by Crippen LogP contribution is 2.39. The van der Waals surface area contributed by atoms with Gasteiger partial charge in [0.25, 0.3) is 0 Å². The Labute approximate surface area is 106 Å². The van der Waals surface area contributed by atoms with Crippen LogP contribution in [0.15, 0.2) is 17.5 Å². The van der Waals surface area contributed by atoms with Crippen molar-refractivity contribution in [2.24, 2.45) is 0 Å². The molecule has 80 valence electrons. The fraction of sp³-hybridized carbons (Fsp3) is 0.200. The molecule has 1 atom stereocenters. The summed E-state index contributed by atoms with van der Waals surface area (Å²) in [5.74, 6) is 0. The Hall–Kier alpha value is -0.0600. The van der Waals surface area contributed by atoms with Crippen LogP contribution in [0.25, 0.3) is 0 Å². The first-order valence-electron chi connectivity index (χ1n) is 4.26. The van der Waals surface area contributed by atoms with Gasteiger partial charge in [-0.05, 0) is 30.0 Å². The Morgan fingerprint density at radius 2 is 2.13 bits per heavy atom. The molecular weight excluding hydrogens is 271 g/mol. The molecule has 0 aliphatic rings. The van der Waals surface area contributed by atoms with Crippen LogP contribution in [0.5, 0.6) is 0 Å². The first kappa shape index (κ1) is 11.4. The van der Waals surface area contributed by atoms with E-state index in [-0.39, 0.29) is 0 Å². The van der Waals surface area contributed by atoms with E-state index in [9.17, 15) is 5.11 Å². The molecule has 0 spiro atoms. The number of aryl methyl sites for hydroxylation is 1. The zero-order chi connectivity index (χ0) is 11.0. The molecule has 1 nitrogen and oxygen atoms in total. The fourth-order valence-electron chi connectivity index (χ4n) is 1.35. The summed E-state index contributed by atoms with van der Waals surface area (Å²) < 4.78 is 1.16. The van der Waals surface area contributed by atoms with Crippen LogP contribution in [0, 0.1) is 6.92 Å². The summed E-state index contributed by atoms with van der Waals surface area (Å²) in [7, 11) is 0. The van der Waals surface area contributed by atoms with Crippen LogP contribution in [-0.2, 0) is 0 Å². The SMILES string of the molecule is Cc1ccsc1C(O)c1cc(Cl)sc1Cl. The average Bonchev–Trinajstić information content (AvgIpc) is 2.71. The van der Waals surface area contributed by atoms with Gasteiger partial charge in [0.15, 0.2) is 0 Å². The van der Waals surface area contributed by atoms with Gasteiger partial charge in [-0.3, -0.25) is 0 Å². The van der Waals surface area contributed by atoms with Crippen molar-refractivity contribution in [2.45, 2.75) is 13.0 Å². The predicted octanol–water partition coefficient (Wildman–Crippen LogP) is 4.51. The van der Waals surface area contributed by atoms with Crippen molar-refractivity contribution in [1.82, 2.24) is 0 Å². The van der Waals surface area contributed by atoms with Gasteiger partial charge >= 0.3 is 0 Å². The Bertz CT molecular complexity index is 475. The van der Waals surface area contributed by atoms with E-state index >= 15 is 0 Å². The molecule has 2 aromatic heterocycles. The third kappa shape index (κ3) is 2.22. The van der Waals surface area contributed by atoms with E-state index < -0.39 is 6.10 Å². The first-order valence-corrected chi connectivity index (χ1v) is 6.71. The minimum atomic E-state index is -0.666. The number of aliphatic hydroxyl groups is 1. The molecule has 5 heteroatoms. The van der Waals surface area contributed by atoms with Crippen molar-refractivity contribution >= 4 is 45.9 Å². The lowest BCUT2D eigenvalue weighted by atomic mass is 10.1. The van der Waals surface area contributed by atoms with E-state index in [4.69, 9.17) is 23.2 Å². The molecule has 0 radical (unpaired) electrons. The highest BCUT2D eigenvalue weighted by Gasteiger charge is 2.19. The molecule has 2 heterocycles. The summed E-state index contributed by atoms with van der Waals surface area (Å²) in [5, 5.41) is 12.1. The van der Waals surface area contributed by atoms with Crippen molar-refractivity contribution < 1.29 is 5.11 Å². The fourth-order valence-corrected chi connectivity index (χ4v) is 3.79. The van der Waals surface area contributed by atoms with Crippen LogP contribution in [-0.4, -0.2) is 5.11 Å². The summed E-state index contributed by atoms with van der Waals surface area (Å²) in [6, 6.07) is 3.70. The second-order valence-corrected chi connectivity index (χ2v) is 6.38. The lowest BCUT2D eigenvalue weighted by Gasteiger charge is -2.08. The van der Waals surface area contributed by atoms with E-state index in [0.29, 0.717) is 14.2 Å². The molecule has 0 amide bonds. The Morgan fingerprint density at radius 3 is 2.60 bits per heavy atom. The Morgan fingerprint density at radius 1 is 1.40 bits per heavy atom. The van der Waals surface area contributed by atoms with E-state index in [1.54, 1.807) is 6.07 Å². The van der Waals surface area contributed by atoms with E-state index in [0.717, 1.165) is 10.4 Å². The number of hydrogen-bond acceptors (Lipinski definition) is 3. The number of aliphatic hydroxyl groups excluding tert-OH is 1. The van der Waals surface area contributed by atoms with Crippen LogP contribution in [0.1, 0.15) is 22.1 Å². The summed E-state index contributed by atoms with van der Waals surface area (Å²) in [4.78, 5) is 0.923. The van der Waals surface area contributed by atoms with Crippen molar-refractivity contribution in [3.05, 3.63) is 42.2 Å². The Balaban J connectivity index is 2.40. The van der Waals surface area contributed by atoms with Crippen LogP contribution in [0.4, 0.5) is 0 Å². The second-order valence-electron chi connectivity index (χ2n) is 3.15.